The topological polar surface area (TPSA) is 111 Å². The molecule has 1 aliphatic rings. The van der Waals surface area contributed by atoms with Crippen molar-refractivity contribution in [1.29, 1.82) is 0 Å². The number of sulfonamides is 1. The van der Waals surface area contributed by atoms with Gasteiger partial charge in [0, 0.05) is 31.9 Å². The van der Waals surface area contributed by atoms with Gasteiger partial charge in [-0.15, -0.1) is 0 Å². The number of likely N-dealkylation sites (N-methyl/N-ethyl adjacent to an activating group) is 1. The van der Waals surface area contributed by atoms with Crippen molar-refractivity contribution in [3.8, 4) is 11.5 Å². The van der Waals surface area contributed by atoms with Gasteiger partial charge in [-0.3, -0.25) is 10.1 Å². The minimum absolute atomic E-state index is 0.0213. The molecule has 1 N–H and O–H groups in total. The van der Waals surface area contributed by atoms with Crippen LogP contribution in [0.1, 0.15) is 6.42 Å². The Morgan fingerprint density at radius 1 is 1.19 bits per heavy atom. The third-order valence-corrected chi connectivity index (χ3v) is 5.41. The molecule has 1 aromatic carbocycles. The maximum atomic E-state index is 12.7. The fourth-order valence-corrected chi connectivity index (χ4v) is 3.44. The molecule has 0 saturated carbocycles. The van der Waals surface area contributed by atoms with E-state index in [4.69, 9.17) is 9.47 Å². The molecule has 1 aromatic heterocycles. The second-order valence-corrected chi connectivity index (χ2v) is 7.59. The smallest absolute Gasteiger partial charge is 0.243 e. The van der Waals surface area contributed by atoms with Gasteiger partial charge in [0.05, 0.1) is 24.7 Å². The van der Waals surface area contributed by atoms with Crippen molar-refractivity contribution >= 4 is 21.9 Å². The number of hydrogen-bond donors (Lipinski definition) is 1. The molecule has 10 heteroatoms. The van der Waals surface area contributed by atoms with Gasteiger partial charge in [-0.25, -0.2) is 18.4 Å². The monoisotopic (exact) mass is 378 g/mol. The van der Waals surface area contributed by atoms with Crippen molar-refractivity contribution in [1.82, 2.24) is 14.3 Å². The van der Waals surface area contributed by atoms with Gasteiger partial charge in [0.15, 0.2) is 11.5 Å². The number of ether oxygens (including phenoxy) is 2. The second kappa shape index (κ2) is 7.67. The molecule has 1 aliphatic heterocycles. The highest BCUT2D eigenvalue weighted by molar-refractivity contribution is 7.89. The zero-order valence-electron chi connectivity index (χ0n) is 14.1. The first-order valence-electron chi connectivity index (χ1n) is 7.90. The van der Waals surface area contributed by atoms with Gasteiger partial charge in [0.2, 0.25) is 21.9 Å². The van der Waals surface area contributed by atoms with Crippen LogP contribution in [0.25, 0.3) is 0 Å². The van der Waals surface area contributed by atoms with Crippen molar-refractivity contribution in [3.63, 3.8) is 0 Å². The first-order valence-corrected chi connectivity index (χ1v) is 9.34. The predicted molar refractivity (Wildman–Crippen MR) is 92.5 cm³/mol. The van der Waals surface area contributed by atoms with E-state index in [0.717, 1.165) is 10.7 Å². The predicted octanol–water partition coefficient (Wildman–Crippen LogP) is 0.897. The third kappa shape index (κ3) is 4.09. The van der Waals surface area contributed by atoms with E-state index in [-0.39, 0.29) is 17.4 Å². The number of anilines is 1. The van der Waals surface area contributed by atoms with Crippen molar-refractivity contribution < 1.29 is 22.7 Å². The van der Waals surface area contributed by atoms with E-state index in [1.165, 1.54) is 31.6 Å². The molecule has 0 fully saturated rings. The van der Waals surface area contributed by atoms with E-state index in [2.05, 4.69) is 15.3 Å². The summed E-state index contributed by atoms with van der Waals surface area (Å²) in [6.45, 7) is 0.585. The number of carbonyl (C=O) groups is 1. The Labute approximate surface area is 151 Å². The normalized spacial score (nSPS) is 13.9. The summed E-state index contributed by atoms with van der Waals surface area (Å²) in [5.74, 6) is 0.442. The molecule has 0 atom stereocenters. The van der Waals surface area contributed by atoms with Gasteiger partial charge >= 0.3 is 0 Å². The number of nitrogens with zero attached hydrogens (tertiary/aromatic N) is 3. The van der Waals surface area contributed by atoms with Crippen LogP contribution in [0.3, 0.4) is 0 Å². The number of nitrogens with one attached hydrogen (secondary N) is 1. The van der Waals surface area contributed by atoms with E-state index in [1.807, 2.05) is 0 Å². The van der Waals surface area contributed by atoms with Gasteiger partial charge in [0.1, 0.15) is 0 Å². The Morgan fingerprint density at radius 2 is 1.88 bits per heavy atom. The van der Waals surface area contributed by atoms with Gasteiger partial charge in [-0.05, 0) is 18.2 Å². The summed E-state index contributed by atoms with van der Waals surface area (Å²) in [7, 11) is -2.55. The molecule has 0 unspecified atom stereocenters. The quantitative estimate of drug-likeness (QED) is 0.823. The molecule has 3 rings (SSSR count). The molecule has 9 nitrogen and oxygen atoms in total. The van der Waals surface area contributed by atoms with Crippen LogP contribution in [0, 0.1) is 0 Å². The van der Waals surface area contributed by atoms with Crippen LogP contribution in [0.5, 0.6) is 11.5 Å². The Balaban J connectivity index is 1.72. The Morgan fingerprint density at radius 3 is 2.62 bits per heavy atom. The minimum atomic E-state index is -3.88. The third-order valence-electron chi connectivity index (χ3n) is 3.61. The maximum absolute atomic E-state index is 12.7. The summed E-state index contributed by atoms with van der Waals surface area (Å²) in [5, 5.41) is 2.44. The average molecular weight is 378 g/mol. The van der Waals surface area contributed by atoms with Crippen LogP contribution in [0.4, 0.5) is 5.95 Å². The van der Waals surface area contributed by atoms with Crippen LogP contribution in [0.15, 0.2) is 41.6 Å². The molecular formula is C16H18N4O5S. The van der Waals surface area contributed by atoms with Crippen LogP contribution < -0.4 is 14.8 Å². The fraction of sp³-hybridized carbons (Fsp3) is 0.312. The highest BCUT2D eigenvalue weighted by Crippen LogP contribution is 2.32. The molecule has 0 saturated heterocycles. The van der Waals surface area contributed by atoms with Crippen LogP contribution >= 0.6 is 0 Å². The number of fused-ring (bicyclic) bond motifs is 1. The molecule has 138 valence electrons. The molecule has 0 bridgehead atoms. The summed E-state index contributed by atoms with van der Waals surface area (Å²) in [6, 6.07) is 6.00. The van der Waals surface area contributed by atoms with Crippen molar-refractivity contribution in [2.75, 3.05) is 32.1 Å². The van der Waals surface area contributed by atoms with Gasteiger partial charge in [-0.2, -0.15) is 4.31 Å². The van der Waals surface area contributed by atoms with E-state index < -0.39 is 15.9 Å². The standard InChI is InChI=1S/C16H18N4O5S/c1-20(11-15(21)19-16-17-6-2-7-18-16)26(22,23)12-4-5-13-14(10-12)25-9-3-8-24-13/h2,4-7,10H,3,8-9,11H2,1H3,(H,17,18,19,21). The lowest BCUT2D eigenvalue weighted by Gasteiger charge is -2.17. The number of hydrogen-bond acceptors (Lipinski definition) is 7. The van der Waals surface area contributed by atoms with Crippen LogP contribution in [0.2, 0.25) is 0 Å². The summed E-state index contributed by atoms with van der Waals surface area (Å²) in [5.41, 5.74) is 0. The Bertz CT molecular complexity index is 889. The van der Waals surface area contributed by atoms with Crippen molar-refractivity contribution in [3.05, 3.63) is 36.7 Å². The molecule has 0 aliphatic carbocycles. The van der Waals surface area contributed by atoms with Crippen molar-refractivity contribution in [2.45, 2.75) is 11.3 Å². The summed E-state index contributed by atoms with van der Waals surface area (Å²) in [4.78, 5) is 19.8. The maximum Gasteiger partial charge on any atom is 0.243 e. The van der Waals surface area contributed by atoms with E-state index in [1.54, 1.807) is 12.1 Å². The van der Waals surface area contributed by atoms with Crippen molar-refractivity contribution in [2.24, 2.45) is 0 Å². The summed E-state index contributed by atoms with van der Waals surface area (Å²) >= 11 is 0. The lowest BCUT2D eigenvalue weighted by Crippen LogP contribution is -2.35. The lowest BCUT2D eigenvalue weighted by atomic mass is 10.3. The van der Waals surface area contributed by atoms with Gasteiger partial charge in [0.25, 0.3) is 0 Å². The first kappa shape index (κ1) is 18.1. The van der Waals surface area contributed by atoms with Crippen LogP contribution in [-0.2, 0) is 14.8 Å². The highest BCUT2D eigenvalue weighted by atomic mass is 32.2. The highest BCUT2D eigenvalue weighted by Gasteiger charge is 2.25. The van der Waals surface area contributed by atoms with E-state index >= 15 is 0 Å². The summed E-state index contributed by atoms with van der Waals surface area (Å²) < 4.78 is 37.4. The van der Waals surface area contributed by atoms with Gasteiger partial charge < -0.3 is 9.47 Å². The Hall–Kier alpha value is -2.72. The SMILES string of the molecule is CN(CC(=O)Nc1ncccn1)S(=O)(=O)c1ccc2c(c1)OCCCO2. The molecular weight excluding hydrogens is 360 g/mol. The molecule has 1 amide bonds. The van der Waals surface area contributed by atoms with Gasteiger partial charge in [-0.1, -0.05) is 0 Å². The largest absolute Gasteiger partial charge is 0.490 e. The van der Waals surface area contributed by atoms with Crippen LogP contribution in [-0.4, -0.2) is 55.4 Å². The first-order chi connectivity index (χ1) is 12.5. The van der Waals surface area contributed by atoms with E-state index in [0.29, 0.717) is 24.7 Å². The molecule has 0 radical (unpaired) electrons. The number of amides is 1. The average Bonchev–Trinajstić information content (AvgIpc) is 2.87. The molecule has 0 spiro atoms. The molecule has 2 aromatic rings. The minimum Gasteiger partial charge on any atom is -0.490 e. The zero-order chi connectivity index (χ0) is 18.6. The Kier molecular flexibility index (Phi) is 5.33. The number of rotatable bonds is 5. The lowest BCUT2D eigenvalue weighted by molar-refractivity contribution is -0.116. The number of benzene rings is 1. The fourth-order valence-electron chi connectivity index (χ4n) is 2.30. The zero-order valence-corrected chi connectivity index (χ0v) is 14.9. The molecule has 2 heterocycles. The van der Waals surface area contributed by atoms with E-state index in [9.17, 15) is 13.2 Å². The summed E-state index contributed by atoms with van der Waals surface area (Å²) in [6.07, 6.45) is 3.67. The second-order valence-electron chi connectivity index (χ2n) is 5.54. The number of carbonyl (C=O) groups excluding carboxylic acids is 1. The number of aromatic nitrogens is 2. The molecule has 26 heavy (non-hydrogen) atoms.